The summed E-state index contributed by atoms with van der Waals surface area (Å²) in [5, 5.41) is 3.53. The van der Waals surface area contributed by atoms with Gasteiger partial charge in [-0.1, -0.05) is 48.0 Å². The molecular weight excluding hydrogens is 320 g/mol. The Hall–Kier alpha value is -2.65. The highest BCUT2D eigenvalue weighted by atomic mass is 16.5. The normalized spacial score (nSPS) is 16.0. The number of benzene rings is 2. The molecule has 0 spiro atoms. The second-order valence-corrected chi connectivity index (χ2v) is 6.97. The zero-order chi connectivity index (χ0) is 17.8. The van der Waals surface area contributed by atoms with Crippen molar-refractivity contribution in [1.29, 1.82) is 0 Å². The largest absolute Gasteiger partial charge is 0.489 e. The second-order valence-electron chi connectivity index (χ2n) is 6.97. The molecule has 0 unspecified atom stereocenters. The first kappa shape index (κ1) is 16.8. The van der Waals surface area contributed by atoms with Gasteiger partial charge in [-0.3, -0.25) is 4.98 Å². The summed E-state index contributed by atoms with van der Waals surface area (Å²) in [6, 6.07) is 19.1. The zero-order valence-electron chi connectivity index (χ0n) is 15.1. The monoisotopic (exact) mass is 344 g/mol. The van der Waals surface area contributed by atoms with Crippen molar-refractivity contribution >= 4 is 0 Å². The number of rotatable bonds is 5. The van der Waals surface area contributed by atoms with Crippen LogP contribution in [0.2, 0.25) is 0 Å². The molecule has 1 aliphatic heterocycles. The Kier molecular flexibility index (Phi) is 4.98. The highest BCUT2D eigenvalue weighted by Gasteiger charge is 2.18. The van der Waals surface area contributed by atoms with Gasteiger partial charge in [0.25, 0.3) is 0 Å². The van der Waals surface area contributed by atoms with Crippen LogP contribution in [0.3, 0.4) is 0 Å². The first-order chi connectivity index (χ1) is 12.8. The van der Waals surface area contributed by atoms with Crippen LogP contribution in [0, 0.1) is 6.92 Å². The summed E-state index contributed by atoms with van der Waals surface area (Å²) in [6.45, 7) is 3.76. The van der Waals surface area contributed by atoms with Gasteiger partial charge in [-0.05, 0) is 48.6 Å². The molecule has 0 aliphatic carbocycles. The van der Waals surface area contributed by atoms with Crippen molar-refractivity contribution in [2.45, 2.75) is 32.4 Å². The molecule has 1 aromatic heterocycles. The van der Waals surface area contributed by atoms with E-state index in [0.717, 1.165) is 37.2 Å². The fraction of sp³-hybridized carbons (Fsp3) is 0.261. The van der Waals surface area contributed by atoms with E-state index in [4.69, 9.17) is 4.74 Å². The molecule has 0 bridgehead atoms. The second kappa shape index (κ2) is 7.71. The average Bonchev–Trinajstić information content (AvgIpc) is 2.69. The third-order valence-corrected chi connectivity index (χ3v) is 4.88. The number of hydrogen-bond acceptors (Lipinski definition) is 3. The molecule has 0 saturated heterocycles. The van der Waals surface area contributed by atoms with Gasteiger partial charge in [0, 0.05) is 31.0 Å². The van der Waals surface area contributed by atoms with Crippen molar-refractivity contribution in [3.63, 3.8) is 0 Å². The van der Waals surface area contributed by atoms with E-state index in [1.807, 2.05) is 18.5 Å². The molecule has 1 N–H and O–H groups in total. The fourth-order valence-corrected chi connectivity index (χ4v) is 3.39. The van der Waals surface area contributed by atoms with Crippen molar-refractivity contribution < 1.29 is 4.74 Å². The predicted octanol–water partition coefficient (Wildman–Crippen LogP) is 4.54. The number of nitrogens with zero attached hydrogens (tertiary/aromatic N) is 1. The van der Waals surface area contributed by atoms with E-state index in [0.29, 0.717) is 0 Å². The number of fused-ring (bicyclic) bond motifs is 1. The Labute approximate surface area is 155 Å². The van der Waals surface area contributed by atoms with Gasteiger partial charge in [0.15, 0.2) is 0 Å². The summed E-state index contributed by atoms with van der Waals surface area (Å²) in [5.74, 6) is 1.04. The van der Waals surface area contributed by atoms with Crippen LogP contribution >= 0.6 is 0 Å². The molecule has 2 aromatic carbocycles. The summed E-state index contributed by atoms with van der Waals surface area (Å²) < 4.78 is 6.10. The van der Waals surface area contributed by atoms with Crippen LogP contribution in [0.5, 0.6) is 5.75 Å². The summed E-state index contributed by atoms with van der Waals surface area (Å²) in [4.78, 5) is 4.41. The third kappa shape index (κ3) is 3.94. The lowest BCUT2D eigenvalue weighted by Crippen LogP contribution is -2.33. The Morgan fingerprint density at radius 1 is 1.04 bits per heavy atom. The minimum absolute atomic E-state index is 0.234. The summed E-state index contributed by atoms with van der Waals surface area (Å²) in [5.41, 5.74) is 6.15. The van der Waals surface area contributed by atoms with E-state index in [9.17, 15) is 0 Å². The highest BCUT2D eigenvalue weighted by molar-refractivity contribution is 5.63. The lowest BCUT2D eigenvalue weighted by Gasteiger charge is -2.26. The highest BCUT2D eigenvalue weighted by Crippen LogP contribution is 2.26. The Bertz CT molecular complexity index is 873. The van der Waals surface area contributed by atoms with Crippen LogP contribution in [-0.2, 0) is 13.0 Å². The maximum atomic E-state index is 6.10. The SMILES string of the molecule is Cc1ccc(-c2cncc(CNC[C@H]3CCc4ccccc4O3)c2)cc1. The maximum absolute atomic E-state index is 6.10. The minimum atomic E-state index is 0.234. The van der Waals surface area contributed by atoms with Crippen molar-refractivity contribution in [1.82, 2.24) is 10.3 Å². The molecule has 3 nitrogen and oxygen atoms in total. The molecule has 1 aliphatic rings. The topological polar surface area (TPSA) is 34.2 Å². The van der Waals surface area contributed by atoms with Gasteiger partial charge >= 0.3 is 0 Å². The van der Waals surface area contributed by atoms with Crippen LogP contribution in [0.4, 0.5) is 0 Å². The van der Waals surface area contributed by atoms with Crippen LogP contribution in [0.15, 0.2) is 67.0 Å². The molecule has 0 saturated carbocycles. The summed E-state index contributed by atoms with van der Waals surface area (Å²) in [7, 11) is 0. The molecule has 0 fully saturated rings. The number of hydrogen-bond donors (Lipinski definition) is 1. The van der Waals surface area contributed by atoms with E-state index in [1.165, 1.54) is 22.3 Å². The first-order valence-electron chi connectivity index (χ1n) is 9.24. The van der Waals surface area contributed by atoms with Crippen LogP contribution in [0.1, 0.15) is 23.1 Å². The summed E-state index contributed by atoms with van der Waals surface area (Å²) in [6.07, 6.45) is 6.24. The molecule has 3 aromatic rings. The molecule has 1 atom stereocenters. The van der Waals surface area contributed by atoms with Crippen molar-refractivity contribution in [3.05, 3.63) is 83.7 Å². The van der Waals surface area contributed by atoms with Gasteiger partial charge in [-0.2, -0.15) is 0 Å². The van der Waals surface area contributed by atoms with Gasteiger partial charge in [0.2, 0.25) is 0 Å². The Balaban J connectivity index is 1.34. The lowest BCUT2D eigenvalue weighted by atomic mass is 10.0. The van der Waals surface area contributed by atoms with E-state index in [2.05, 4.69) is 65.8 Å². The molecule has 132 valence electrons. The van der Waals surface area contributed by atoms with Gasteiger partial charge in [-0.15, -0.1) is 0 Å². The van der Waals surface area contributed by atoms with Gasteiger partial charge in [-0.25, -0.2) is 0 Å². The third-order valence-electron chi connectivity index (χ3n) is 4.88. The van der Waals surface area contributed by atoms with Gasteiger partial charge < -0.3 is 10.1 Å². The zero-order valence-corrected chi connectivity index (χ0v) is 15.1. The number of aromatic nitrogens is 1. The average molecular weight is 344 g/mol. The van der Waals surface area contributed by atoms with Crippen molar-refractivity contribution in [3.8, 4) is 16.9 Å². The summed E-state index contributed by atoms with van der Waals surface area (Å²) >= 11 is 0. The quantitative estimate of drug-likeness (QED) is 0.738. The van der Waals surface area contributed by atoms with Crippen molar-refractivity contribution in [2.75, 3.05) is 6.54 Å². The van der Waals surface area contributed by atoms with Crippen LogP contribution < -0.4 is 10.1 Å². The van der Waals surface area contributed by atoms with E-state index in [1.54, 1.807) is 0 Å². The molecule has 3 heteroatoms. The molecule has 0 radical (unpaired) electrons. The Morgan fingerprint density at radius 2 is 1.88 bits per heavy atom. The van der Waals surface area contributed by atoms with E-state index < -0.39 is 0 Å². The minimum Gasteiger partial charge on any atom is -0.489 e. The van der Waals surface area contributed by atoms with E-state index >= 15 is 0 Å². The molecule has 4 rings (SSSR count). The maximum Gasteiger partial charge on any atom is 0.122 e. The van der Waals surface area contributed by atoms with Gasteiger partial charge in [0.1, 0.15) is 11.9 Å². The smallest absolute Gasteiger partial charge is 0.122 e. The van der Waals surface area contributed by atoms with Crippen LogP contribution in [0.25, 0.3) is 11.1 Å². The standard InChI is InChI=1S/C23H24N2O/c1-17-6-8-19(9-7-17)21-12-18(13-24-15-21)14-25-16-22-11-10-20-4-2-3-5-23(20)26-22/h2-9,12-13,15,22,25H,10-11,14,16H2,1H3/t22-/m1/s1. The molecular formula is C23H24N2O. The number of aryl methyl sites for hydroxylation is 2. The predicted molar refractivity (Wildman–Crippen MR) is 105 cm³/mol. The number of pyridine rings is 1. The van der Waals surface area contributed by atoms with Crippen molar-refractivity contribution in [2.24, 2.45) is 0 Å². The lowest BCUT2D eigenvalue weighted by molar-refractivity contribution is 0.170. The number of para-hydroxylation sites is 1. The Morgan fingerprint density at radius 3 is 2.77 bits per heavy atom. The molecule has 26 heavy (non-hydrogen) atoms. The van der Waals surface area contributed by atoms with Gasteiger partial charge in [0.05, 0.1) is 0 Å². The van der Waals surface area contributed by atoms with Crippen LogP contribution in [-0.4, -0.2) is 17.6 Å². The first-order valence-corrected chi connectivity index (χ1v) is 9.24. The van der Waals surface area contributed by atoms with E-state index in [-0.39, 0.29) is 6.10 Å². The number of nitrogens with one attached hydrogen (secondary N) is 1. The molecule has 0 amide bonds. The molecule has 2 heterocycles. The fourth-order valence-electron chi connectivity index (χ4n) is 3.39. The number of ether oxygens (including phenoxy) is 1.